The lowest BCUT2D eigenvalue weighted by Gasteiger charge is -2.05. The predicted molar refractivity (Wildman–Crippen MR) is 63.7 cm³/mol. The summed E-state index contributed by atoms with van der Waals surface area (Å²) in [7, 11) is 0. The van der Waals surface area contributed by atoms with Gasteiger partial charge >= 0.3 is 16.9 Å². The zero-order valence-corrected chi connectivity index (χ0v) is 9.92. The maximum atomic E-state index is 11.5. The van der Waals surface area contributed by atoms with E-state index in [1.807, 2.05) is 0 Å². The van der Waals surface area contributed by atoms with Crippen LogP contribution in [-0.4, -0.2) is 26.9 Å². The summed E-state index contributed by atoms with van der Waals surface area (Å²) in [5, 5.41) is 13.2. The van der Waals surface area contributed by atoms with Crippen LogP contribution in [0.15, 0.2) is 15.8 Å². The van der Waals surface area contributed by atoms with Crippen LogP contribution in [0.25, 0.3) is 0 Å². The van der Waals surface area contributed by atoms with E-state index in [2.05, 4.69) is 5.32 Å². The highest BCUT2D eigenvalue weighted by atomic mass is 16.6. The normalized spacial score (nSPS) is 14.1. The van der Waals surface area contributed by atoms with Gasteiger partial charge in [0.2, 0.25) is 5.91 Å². The lowest BCUT2D eigenvalue weighted by molar-refractivity contribution is -0.386. The van der Waals surface area contributed by atoms with Crippen LogP contribution >= 0.6 is 0 Å². The minimum absolute atomic E-state index is 0.358. The van der Waals surface area contributed by atoms with Crippen molar-refractivity contribution in [2.75, 3.05) is 6.54 Å². The summed E-state index contributed by atoms with van der Waals surface area (Å²) in [5.74, 6) is 0.0703. The van der Waals surface area contributed by atoms with Crippen molar-refractivity contribution in [2.24, 2.45) is 5.92 Å². The summed E-state index contributed by atoms with van der Waals surface area (Å²) in [6.07, 6.45) is 2.92. The molecule has 1 aromatic rings. The molecule has 19 heavy (non-hydrogen) atoms. The highest BCUT2D eigenvalue weighted by Gasteiger charge is 2.22. The average molecular weight is 268 g/mol. The Kier molecular flexibility index (Phi) is 3.45. The number of nitrogens with one attached hydrogen (secondary N) is 2. The molecule has 1 heterocycles. The first kappa shape index (κ1) is 13.0. The van der Waals surface area contributed by atoms with Crippen LogP contribution in [0, 0.1) is 16.0 Å². The number of carbonyl (C=O) groups is 1. The lowest BCUT2D eigenvalue weighted by Crippen LogP contribution is -2.36. The molecular weight excluding hydrogens is 256 g/mol. The molecule has 1 amide bonds. The number of aromatic amines is 1. The second-order valence-corrected chi connectivity index (χ2v) is 4.41. The second kappa shape index (κ2) is 5.04. The van der Waals surface area contributed by atoms with Crippen molar-refractivity contribution in [3.05, 3.63) is 37.1 Å². The van der Waals surface area contributed by atoms with Crippen molar-refractivity contribution in [1.29, 1.82) is 0 Å². The number of carbonyl (C=O) groups excluding carboxylic acids is 1. The predicted octanol–water partition coefficient (Wildman–Crippen LogP) is -1.03. The Labute approximate surface area is 106 Å². The van der Waals surface area contributed by atoms with E-state index in [-0.39, 0.29) is 6.54 Å². The third kappa shape index (κ3) is 3.27. The molecule has 2 rings (SSSR count). The molecule has 1 saturated carbocycles. The largest absolute Gasteiger partial charge is 0.354 e. The van der Waals surface area contributed by atoms with Gasteiger partial charge in [-0.2, -0.15) is 0 Å². The Morgan fingerprint density at radius 2 is 2.21 bits per heavy atom. The number of hydrogen-bond donors (Lipinski definition) is 2. The summed E-state index contributed by atoms with van der Waals surface area (Å²) in [6.45, 7) is 0.183. The number of aromatic nitrogens is 2. The standard InChI is InChI=1S/C10H12N4O5/c15-8(11-3-6-1-2-6)5-13-4-7(14(18)19)9(16)12-10(13)17/h4,6H,1-3,5H2,(H,11,15)(H,12,16,17). The highest BCUT2D eigenvalue weighted by molar-refractivity contribution is 5.75. The quantitative estimate of drug-likeness (QED) is 0.521. The van der Waals surface area contributed by atoms with Gasteiger partial charge in [-0.1, -0.05) is 0 Å². The van der Waals surface area contributed by atoms with E-state index in [1.165, 1.54) is 0 Å². The number of nitro groups is 1. The highest BCUT2D eigenvalue weighted by Crippen LogP contribution is 2.27. The van der Waals surface area contributed by atoms with Crippen molar-refractivity contribution in [1.82, 2.24) is 14.9 Å². The Balaban J connectivity index is 2.12. The van der Waals surface area contributed by atoms with Crippen molar-refractivity contribution in [3.8, 4) is 0 Å². The number of nitrogens with zero attached hydrogens (tertiary/aromatic N) is 2. The van der Waals surface area contributed by atoms with Crippen LogP contribution in [0.2, 0.25) is 0 Å². The minimum Gasteiger partial charge on any atom is -0.354 e. The molecule has 1 aliphatic rings. The summed E-state index contributed by atoms with van der Waals surface area (Å²) < 4.78 is 0.807. The molecule has 9 nitrogen and oxygen atoms in total. The van der Waals surface area contributed by atoms with Crippen LogP contribution in [0.5, 0.6) is 0 Å². The average Bonchev–Trinajstić information content (AvgIpc) is 3.13. The molecule has 0 unspecified atom stereocenters. The molecule has 1 aromatic heterocycles. The van der Waals surface area contributed by atoms with Crippen molar-refractivity contribution in [2.45, 2.75) is 19.4 Å². The molecule has 1 aliphatic carbocycles. The molecule has 9 heteroatoms. The molecule has 0 aromatic carbocycles. The smallest absolute Gasteiger partial charge is 0.350 e. The second-order valence-electron chi connectivity index (χ2n) is 4.41. The minimum atomic E-state index is -1.08. The van der Waals surface area contributed by atoms with Crippen LogP contribution in [-0.2, 0) is 11.3 Å². The Morgan fingerprint density at radius 1 is 1.53 bits per heavy atom. The van der Waals surface area contributed by atoms with E-state index < -0.39 is 27.8 Å². The van der Waals surface area contributed by atoms with Gasteiger partial charge in [-0.15, -0.1) is 0 Å². The summed E-state index contributed by atoms with van der Waals surface area (Å²) >= 11 is 0. The molecule has 0 aliphatic heterocycles. The van der Waals surface area contributed by atoms with Crippen molar-refractivity contribution < 1.29 is 9.72 Å². The lowest BCUT2D eigenvalue weighted by atomic mass is 10.4. The first-order chi connectivity index (χ1) is 8.97. The van der Waals surface area contributed by atoms with E-state index >= 15 is 0 Å². The molecule has 1 fully saturated rings. The maximum Gasteiger partial charge on any atom is 0.350 e. The Hall–Kier alpha value is -2.45. The molecule has 0 spiro atoms. The summed E-state index contributed by atoms with van der Waals surface area (Å²) in [6, 6.07) is 0. The fourth-order valence-electron chi connectivity index (χ4n) is 1.54. The summed E-state index contributed by atoms with van der Waals surface area (Å²) in [4.78, 5) is 45.5. The van der Waals surface area contributed by atoms with Gasteiger partial charge in [0.15, 0.2) is 0 Å². The zero-order chi connectivity index (χ0) is 14.0. The van der Waals surface area contributed by atoms with E-state index in [4.69, 9.17) is 0 Å². The first-order valence-corrected chi connectivity index (χ1v) is 5.72. The number of amides is 1. The van der Waals surface area contributed by atoms with Crippen molar-refractivity contribution >= 4 is 11.6 Å². The molecule has 0 atom stereocenters. The van der Waals surface area contributed by atoms with E-state index in [0.29, 0.717) is 12.5 Å². The van der Waals surface area contributed by atoms with Gasteiger partial charge in [-0.25, -0.2) is 4.79 Å². The molecule has 0 saturated heterocycles. The molecule has 2 N–H and O–H groups in total. The zero-order valence-electron chi connectivity index (χ0n) is 9.92. The van der Waals surface area contributed by atoms with Gasteiger partial charge < -0.3 is 5.32 Å². The van der Waals surface area contributed by atoms with Crippen LogP contribution < -0.4 is 16.6 Å². The van der Waals surface area contributed by atoms with Crippen LogP contribution in [0.3, 0.4) is 0 Å². The van der Waals surface area contributed by atoms with Gasteiger partial charge in [-0.3, -0.25) is 29.3 Å². The van der Waals surface area contributed by atoms with Gasteiger partial charge in [0.1, 0.15) is 6.54 Å². The SMILES string of the molecule is O=C(Cn1cc([N+](=O)[O-])c(=O)[nH]c1=O)NCC1CC1. The third-order valence-electron chi connectivity index (χ3n) is 2.79. The fourth-order valence-corrected chi connectivity index (χ4v) is 1.54. The molecule has 102 valence electrons. The Bertz CT molecular complexity index is 628. The number of H-pyrrole nitrogens is 1. The monoisotopic (exact) mass is 268 g/mol. The van der Waals surface area contributed by atoms with E-state index in [0.717, 1.165) is 23.6 Å². The van der Waals surface area contributed by atoms with Gasteiger partial charge in [-0.05, 0) is 18.8 Å². The topological polar surface area (TPSA) is 127 Å². The molecule has 0 bridgehead atoms. The molecular formula is C10H12N4O5. The number of hydrogen-bond acceptors (Lipinski definition) is 5. The third-order valence-corrected chi connectivity index (χ3v) is 2.79. The van der Waals surface area contributed by atoms with Crippen LogP contribution in [0.1, 0.15) is 12.8 Å². The van der Waals surface area contributed by atoms with Crippen LogP contribution in [0.4, 0.5) is 5.69 Å². The van der Waals surface area contributed by atoms with Gasteiger partial charge in [0, 0.05) is 6.54 Å². The maximum absolute atomic E-state index is 11.5. The number of rotatable bonds is 5. The van der Waals surface area contributed by atoms with Gasteiger partial charge in [0.25, 0.3) is 0 Å². The van der Waals surface area contributed by atoms with E-state index in [1.54, 1.807) is 4.98 Å². The molecule has 0 radical (unpaired) electrons. The fraction of sp³-hybridized carbons (Fsp3) is 0.500. The van der Waals surface area contributed by atoms with Gasteiger partial charge in [0.05, 0.1) is 11.1 Å². The van der Waals surface area contributed by atoms with E-state index in [9.17, 15) is 24.5 Å². The Morgan fingerprint density at radius 3 is 2.79 bits per heavy atom. The first-order valence-electron chi connectivity index (χ1n) is 5.72. The summed E-state index contributed by atoms with van der Waals surface area (Å²) in [5.41, 5.74) is -2.70. The van der Waals surface area contributed by atoms with Crippen molar-refractivity contribution in [3.63, 3.8) is 0 Å².